The minimum atomic E-state index is -0.0617. The highest BCUT2D eigenvalue weighted by molar-refractivity contribution is 6.15. The Labute approximate surface area is 165 Å². The molecule has 0 aromatic heterocycles. The normalized spacial score (nSPS) is 17.2. The summed E-state index contributed by atoms with van der Waals surface area (Å²) in [4.78, 5) is 15.2. The number of Topliss-reactive ketones (excluding diaryl/α,β-unsaturated/α-hetero) is 1. The van der Waals surface area contributed by atoms with Gasteiger partial charge in [0.2, 0.25) is 5.78 Å². The van der Waals surface area contributed by atoms with Gasteiger partial charge in [0.1, 0.15) is 18.2 Å². The summed E-state index contributed by atoms with van der Waals surface area (Å²) in [5.74, 6) is 1.76. The quantitative estimate of drug-likeness (QED) is 0.578. The Morgan fingerprint density at radius 2 is 2.11 bits per heavy atom. The van der Waals surface area contributed by atoms with Gasteiger partial charge in [0, 0.05) is 26.8 Å². The minimum absolute atomic E-state index is 0.0617. The molecule has 146 valence electrons. The molecule has 0 amide bonds. The first-order valence-corrected chi connectivity index (χ1v) is 9.58. The first-order chi connectivity index (χ1) is 13.6. The minimum Gasteiger partial charge on any atom is -0.478 e. The van der Waals surface area contributed by atoms with Crippen molar-refractivity contribution in [2.75, 3.05) is 27.0 Å². The fourth-order valence-electron chi connectivity index (χ4n) is 3.76. The molecule has 4 rings (SSSR count). The lowest BCUT2D eigenvalue weighted by Crippen LogP contribution is -2.33. The van der Waals surface area contributed by atoms with E-state index in [1.54, 1.807) is 7.11 Å². The van der Waals surface area contributed by atoms with Gasteiger partial charge in [0.15, 0.2) is 5.76 Å². The first kappa shape index (κ1) is 18.7. The number of carbonyl (C=O) groups is 1. The number of ether oxygens (including phenoxy) is 3. The summed E-state index contributed by atoms with van der Waals surface area (Å²) in [5.41, 5.74) is 4.59. The summed E-state index contributed by atoms with van der Waals surface area (Å²) < 4.78 is 17.2. The average molecular weight is 379 g/mol. The lowest BCUT2D eigenvalue weighted by atomic mass is 9.98. The smallest absolute Gasteiger partial charge is 0.232 e. The van der Waals surface area contributed by atoms with Crippen molar-refractivity contribution >= 4 is 11.9 Å². The van der Waals surface area contributed by atoms with Gasteiger partial charge in [0.25, 0.3) is 0 Å². The second-order valence-electron chi connectivity index (χ2n) is 7.40. The van der Waals surface area contributed by atoms with E-state index in [1.807, 2.05) is 50.3 Å². The van der Waals surface area contributed by atoms with Crippen LogP contribution in [0.2, 0.25) is 0 Å². The second-order valence-corrected chi connectivity index (χ2v) is 7.40. The summed E-state index contributed by atoms with van der Waals surface area (Å²) in [6.45, 7) is 6.79. The maximum Gasteiger partial charge on any atom is 0.232 e. The molecule has 0 spiro atoms. The van der Waals surface area contributed by atoms with Gasteiger partial charge in [-0.3, -0.25) is 9.69 Å². The highest BCUT2D eigenvalue weighted by atomic mass is 16.5. The van der Waals surface area contributed by atoms with Gasteiger partial charge >= 0.3 is 0 Å². The van der Waals surface area contributed by atoms with E-state index >= 15 is 0 Å². The molecule has 2 aliphatic rings. The molecule has 28 heavy (non-hydrogen) atoms. The molecule has 0 N–H and O–H groups in total. The Balaban J connectivity index is 1.65. The fraction of sp³-hybridized carbons (Fsp3) is 0.348. The standard InChI is InChI=1S/C23H25NO4/c1-15-6-4-7-17(10-15)12-20-22(25)21-16(2)11-19-18(23(21)28-20)13-24(14-27-19)8-5-9-26-3/h4,6-7,10-12H,5,8-9,13-14H2,1-3H3/b20-12-. The lowest BCUT2D eigenvalue weighted by Gasteiger charge is -2.30. The van der Waals surface area contributed by atoms with Crippen LogP contribution in [0.1, 0.15) is 39.0 Å². The Hall–Kier alpha value is -2.63. The van der Waals surface area contributed by atoms with Crippen LogP contribution in [0.3, 0.4) is 0 Å². The van der Waals surface area contributed by atoms with E-state index < -0.39 is 0 Å². The van der Waals surface area contributed by atoms with Gasteiger partial charge in [-0.25, -0.2) is 0 Å². The maximum atomic E-state index is 13.0. The van der Waals surface area contributed by atoms with E-state index in [1.165, 1.54) is 0 Å². The highest BCUT2D eigenvalue weighted by Crippen LogP contribution is 2.44. The molecule has 2 aromatic rings. The van der Waals surface area contributed by atoms with Crippen LogP contribution in [-0.2, 0) is 11.3 Å². The van der Waals surface area contributed by atoms with Crippen molar-refractivity contribution in [2.45, 2.75) is 26.8 Å². The topological polar surface area (TPSA) is 48.0 Å². The molecule has 0 radical (unpaired) electrons. The van der Waals surface area contributed by atoms with Gasteiger partial charge in [0.05, 0.1) is 11.1 Å². The number of methoxy groups -OCH3 is 1. The predicted octanol–water partition coefficient (Wildman–Crippen LogP) is 4.11. The molecule has 2 heterocycles. The number of aryl methyl sites for hydroxylation is 2. The van der Waals surface area contributed by atoms with Crippen LogP contribution < -0.4 is 9.47 Å². The molecule has 5 heteroatoms. The van der Waals surface area contributed by atoms with Crippen molar-refractivity contribution in [1.82, 2.24) is 4.90 Å². The van der Waals surface area contributed by atoms with Crippen molar-refractivity contribution in [3.63, 3.8) is 0 Å². The number of hydrogen-bond acceptors (Lipinski definition) is 5. The summed E-state index contributed by atoms with van der Waals surface area (Å²) in [6, 6.07) is 9.98. The molecule has 0 saturated carbocycles. The van der Waals surface area contributed by atoms with Crippen LogP contribution >= 0.6 is 0 Å². The van der Waals surface area contributed by atoms with E-state index in [4.69, 9.17) is 14.2 Å². The Morgan fingerprint density at radius 1 is 1.25 bits per heavy atom. The molecule has 2 aliphatic heterocycles. The third kappa shape index (κ3) is 3.55. The van der Waals surface area contributed by atoms with Crippen LogP contribution in [0.15, 0.2) is 36.1 Å². The average Bonchev–Trinajstić information content (AvgIpc) is 3.00. The van der Waals surface area contributed by atoms with Crippen LogP contribution in [0.5, 0.6) is 11.5 Å². The number of carbonyl (C=O) groups excluding carboxylic acids is 1. The third-order valence-electron chi connectivity index (χ3n) is 5.15. The molecule has 0 aliphatic carbocycles. The molecule has 0 unspecified atom stereocenters. The van der Waals surface area contributed by atoms with Gasteiger partial charge in [-0.05, 0) is 43.5 Å². The Kier molecular flexibility index (Phi) is 5.20. The van der Waals surface area contributed by atoms with Crippen LogP contribution in [0, 0.1) is 13.8 Å². The molecule has 0 saturated heterocycles. The summed E-state index contributed by atoms with van der Waals surface area (Å²) in [7, 11) is 1.71. The molecule has 0 atom stereocenters. The zero-order valence-corrected chi connectivity index (χ0v) is 16.6. The number of fused-ring (bicyclic) bond motifs is 3. The summed E-state index contributed by atoms with van der Waals surface area (Å²) >= 11 is 0. The molecule has 0 fully saturated rings. The molecule has 0 bridgehead atoms. The number of allylic oxidation sites excluding steroid dienone is 1. The van der Waals surface area contributed by atoms with Gasteiger partial charge < -0.3 is 14.2 Å². The van der Waals surface area contributed by atoms with Crippen molar-refractivity contribution in [1.29, 1.82) is 0 Å². The SMILES string of the molecule is COCCCN1COc2cc(C)c3c(c2C1)O/C(=C\c1cccc(C)c1)C3=O. The molecular formula is C23H25NO4. The van der Waals surface area contributed by atoms with Crippen molar-refractivity contribution in [3.05, 3.63) is 63.9 Å². The van der Waals surface area contributed by atoms with E-state index in [2.05, 4.69) is 4.90 Å². The number of hydrogen-bond donors (Lipinski definition) is 0. The summed E-state index contributed by atoms with van der Waals surface area (Å²) in [5, 5.41) is 0. The lowest BCUT2D eigenvalue weighted by molar-refractivity contribution is 0.0822. The first-order valence-electron chi connectivity index (χ1n) is 9.58. The Bertz CT molecular complexity index is 948. The molecule has 5 nitrogen and oxygen atoms in total. The molecule has 2 aromatic carbocycles. The van der Waals surface area contributed by atoms with Gasteiger partial charge in [-0.15, -0.1) is 0 Å². The van der Waals surface area contributed by atoms with E-state index in [-0.39, 0.29) is 5.78 Å². The van der Waals surface area contributed by atoms with E-state index in [0.717, 1.165) is 41.0 Å². The van der Waals surface area contributed by atoms with Crippen LogP contribution in [0.25, 0.3) is 6.08 Å². The number of rotatable bonds is 5. The van der Waals surface area contributed by atoms with Gasteiger partial charge in [-0.1, -0.05) is 29.8 Å². The third-order valence-corrected chi connectivity index (χ3v) is 5.15. The van der Waals surface area contributed by atoms with Crippen molar-refractivity contribution in [3.8, 4) is 11.5 Å². The van der Waals surface area contributed by atoms with Crippen LogP contribution in [-0.4, -0.2) is 37.7 Å². The van der Waals surface area contributed by atoms with Crippen LogP contribution in [0.4, 0.5) is 0 Å². The summed E-state index contributed by atoms with van der Waals surface area (Å²) in [6.07, 6.45) is 2.75. The number of benzene rings is 2. The predicted molar refractivity (Wildman–Crippen MR) is 108 cm³/mol. The number of nitrogens with zero attached hydrogens (tertiary/aromatic N) is 1. The molecular weight excluding hydrogens is 354 g/mol. The Morgan fingerprint density at radius 3 is 2.89 bits per heavy atom. The fourth-order valence-corrected chi connectivity index (χ4v) is 3.76. The maximum absolute atomic E-state index is 13.0. The second kappa shape index (κ2) is 7.78. The van der Waals surface area contributed by atoms with Crippen molar-refractivity contribution in [2.24, 2.45) is 0 Å². The monoisotopic (exact) mass is 379 g/mol. The number of ketones is 1. The highest BCUT2D eigenvalue weighted by Gasteiger charge is 2.35. The zero-order valence-electron chi connectivity index (χ0n) is 16.6. The van der Waals surface area contributed by atoms with E-state index in [9.17, 15) is 4.79 Å². The van der Waals surface area contributed by atoms with Crippen molar-refractivity contribution < 1.29 is 19.0 Å². The van der Waals surface area contributed by atoms with Gasteiger partial charge in [-0.2, -0.15) is 0 Å². The zero-order chi connectivity index (χ0) is 19.7. The largest absolute Gasteiger partial charge is 0.478 e. The van der Waals surface area contributed by atoms with E-state index in [0.29, 0.717) is 37.0 Å².